The average Bonchev–Trinajstić information content (AvgIpc) is 2.88. The van der Waals surface area contributed by atoms with Crippen molar-refractivity contribution >= 4 is 0 Å². The summed E-state index contributed by atoms with van der Waals surface area (Å²) in [6.07, 6.45) is 3.77. The van der Waals surface area contributed by atoms with Crippen LogP contribution < -0.4 is 14.2 Å². The van der Waals surface area contributed by atoms with Crippen LogP contribution in [0.1, 0.15) is 30.5 Å². The number of methoxy groups -OCH3 is 1. The number of ether oxygens (including phenoxy) is 3. The molecule has 0 spiro atoms. The van der Waals surface area contributed by atoms with Gasteiger partial charge in [-0.2, -0.15) is 0 Å². The maximum Gasteiger partial charge on any atom is 0.129 e. The lowest BCUT2D eigenvalue weighted by atomic mass is 9.94. The van der Waals surface area contributed by atoms with Crippen LogP contribution >= 0.6 is 0 Å². The Balaban J connectivity index is 1.48. The predicted octanol–water partition coefficient (Wildman–Crippen LogP) is 7.25. The third-order valence-corrected chi connectivity index (χ3v) is 5.62. The minimum absolute atomic E-state index is 0.366. The van der Waals surface area contributed by atoms with Crippen LogP contribution in [0.3, 0.4) is 0 Å². The molecule has 4 nitrogen and oxygen atoms in total. The second-order valence-corrected chi connectivity index (χ2v) is 7.71. The molecule has 0 aliphatic heterocycles. The topological polar surface area (TPSA) is 40.6 Å². The van der Waals surface area contributed by atoms with Crippen LogP contribution in [-0.2, 0) is 19.4 Å². The Kier molecular flexibility index (Phi) is 7.26. The van der Waals surface area contributed by atoms with Gasteiger partial charge in [-0.3, -0.25) is 4.98 Å². The van der Waals surface area contributed by atoms with E-state index < -0.39 is 0 Å². The summed E-state index contributed by atoms with van der Waals surface area (Å²) in [6, 6.07) is 25.8. The standard InChI is InChI=1S/C29H29NO3/c1-4-21-10-9-11-22(5-2)29(21)27-18-28(31-3)23(19-30-27)20-32-24-14-16-26(17-15-24)33-25-12-7-6-8-13-25/h6-19H,4-5,20H2,1-3H3. The Morgan fingerprint density at radius 1 is 0.697 bits per heavy atom. The zero-order valence-corrected chi connectivity index (χ0v) is 19.4. The zero-order chi connectivity index (χ0) is 23.0. The van der Waals surface area contributed by atoms with Crippen molar-refractivity contribution in [3.8, 4) is 34.3 Å². The normalized spacial score (nSPS) is 10.6. The summed E-state index contributed by atoms with van der Waals surface area (Å²) >= 11 is 0. The van der Waals surface area contributed by atoms with Gasteiger partial charge < -0.3 is 14.2 Å². The molecule has 0 aliphatic carbocycles. The maximum atomic E-state index is 6.00. The number of hydrogen-bond acceptors (Lipinski definition) is 4. The van der Waals surface area contributed by atoms with E-state index in [1.807, 2.05) is 66.9 Å². The Morgan fingerprint density at radius 3 is 1.97 bits per heavy atom. The molecule has 4 rings (SSSR count). The first-order chi connectivity index (χ1) is 16.2. The van der Waals surface area contributed by atoms with Gasteiger partial charge in [0.15, 0.2) is 0 Å². The van der Waals surface area contributed by atoms with Crippen LogP contribution in [0.2, 0.25) is 0 Å². The number of para-hydroxylation sites is 1. The second kappa shape index (κ2) is 10.7. The zero-order valence-electron chi connectivity index (χ0n) is 19.4. The monoisotopic (exact) mass is 439 g/mol. The number of nitrogens with zero attached hydrogens (tertiary/aromatic N) is 1. The molecule has 0 N–H and O–H groups in total. The van der Waals surface area contributed by atoms with Gasteiger partial charge >= 0.3 is 0 Å². The van der Waals surface area contributed by atoms with Gasteiger partial charge in [0.05, 0.1) is 12.8 Å². The van der Waals surface area contributed by atoms with E-state index in [-0.39, 0.29) is 0 Å². The molecule has 0 bridgehead atoms. The highest BCUT2D eigenvalue weighted by Crippen LogP contribution is 2.32. The van der Waals surface area contributed by atoms with Crippen LogP contribution in [0.5, 0.6) is 23.0 Å². The molecule has 1 heterocycles. The van der Waals surface area contributed by atoms with Crippen molar-refractivity contribution in [2.24, 2.45) is 0 Å². The first-order valence-electron chi connectivity index (χ1n) is 11.3. The highest BCUT2D eigenvalue weighted by Gasteiger charge is 2.14. The number of aromatic nitrogens is 1. The molecule has 0 fully saturated rings. The van der Waals surface area contributed by atoms with Crippen molar-refractivity contribution in [3.05, 3.63) is 102 Å². The quantitative estimate of drug-likeness (QED) is 0.275. The molecule has 4 aromatic rings. The largest absolute Gasteiger partial charge is 0.496 e. The number of pyridine rings is 1. The fourth-order valence-electron chi connectivity index (χ4n) is 3.86. The molecule has 0 saturated heterocycles. The van der Waals surface area contributed by atoms with Gasteiger partial charge in [-0.25, -0.2) is 0 Å². The van der Waals surface area contributed by atoms with Gasteiger partial charge in [-0.1, -0.05) is 50.2 Å². The SMILES string of the molecule is CCc1cccc(CC)c1-c1cc(OC)c(COc2ccc(Oc3ccccc3)cc2)cn1. The van der Waals surface area contributed by atoms with Crippen molar-refractivity contribution in [3.63, 3.8) is 0 Å². The fourth-order valence-corrected chi connectivity index (χ4v) is 3.86. The minimum Gasteiger partial charge on any atom is -0.496 e. The maximum absolute atomic E-state index is 6.00. The van der Waals surface area contributed by atoms with Gasteiger partial charge in [0.2, 0.25) is 0 Å². The van der Waals surface area contributed by atoms with E-state index in [9.17, 15) is 0 Å². The first-order valence-corrected chi connectivity index (χ1v) is 11.3. The molecule has 0 aliphatic rings. The summed E-state index contributed by atoms with van der Waals surface area (Å²) in [4.78, 5) is 4.77. The molecule has 4 heteroatoms. The van der Waals surface area contributed by atoms with Crippen LogP contribution in [0.25, 0.3) is 11.3 Å². The Morgan fingerprint density at radius 2 is 1.33 bits per heavy atom. The van der Waals surface area contributed by atoms with Gasteiger partial charge in [0, 0.05) is 23.4 Å². The summed E-state index contributed by atoms with van der Waals surface area (Å²) < 4.78 is 17.5. The van der Waals surface area contributed by atoms with E-state index in [2.05, 4.69) is 32.0 Å². The molecule has 168 valence electrons. The van der Waals surface area contributed by atoms with E-state index >= 15 is 0 Å². The Labute approximate surface area is 195 Å². The third-order valence-electron chi connectivity index (χ3n) is 5.62. The predicted molar refractivity (Wildman–Crippen MR) is 132 cm³/mol. The summed E-state index contributed by atoms with van der Waals surface area (Å²) in [5, 5.41) is 0. The first kappa shape index (κ1) is 22.4. The van der Waals surface area contributed by atoms with Crippen LogP contribution in [0.15, 0.2) is 85.1 Å². The highest BCUT2D eigenvalue weighted by molar-refractivity contribution is 5.69. The van der Waals surface area contributed by atoms with Crippen molar-refractivity contribution < 1.29 is 14.2 Å². The van der Waals surface area contributed by atoms with Gasteiger partial charge in [-0.15, -0.1) is 0 Å². The Bertz CT molecular complexity index is 1170. The average molecular weight is 440 g/mol. The fraction of sp³-hybridized carbons (Fsp3) is 0.207. The third kappa shape index (κ3) is 5.35. The summed E-state index contributed by atoms with van der Waals surface area (Å²) in [5.74, 6) is 3.10. The number of benzene rings is 3. The van der Waals surface area contributed by atoms with Gasteiger partial charge in [-0.05, 0) is 60.4 Å². The van der Waals surface area contributed by atoms with E-state index in [1.54, 1.807) is 7.11 Å². The van der Waals surface area contributed by atoms with Crippen LogP contribution in [0, 0.1) is 0 Å². The smallest absolute Gasteiger partial charge is 0.129 e. The summed E-state index contributed by atoms with van der Waals surface area (Å²) in [7, 11) is 1.69. The molecule has 0 saturated carbocycles. The lowest BCUT2D eigenvalue weighted by molar-refractivity contribution is 0.295. The van der Waals surface area contributed by atoms with E-state index in [1.165, 1.54) is 16.7 Å². The molecule has 0 atom stereocenters. The molecular formula is C29H29NO3. The van der Waals surface area contributed by atoms with E-state index in [0.717, 1.165) is 47.1 Å². The highest BCUT2D eigenvalue weighted by atomic mass is 16.5. The van der Waals surface area contributed by atoms with Crippen molar-refractivity contribution in [1.82, 2.24) is 4.98 Å². The molecule has 0 unspecified atom stereocenters. The van der Waals surface area contributed by atoms with Crippen molar-refractivity contribution in [2.45, 2.75) is 33.3 Å². The van der Waals surface area contributed by atoms with E-state index in [0.29, 0.717) is 6.61 Å². The number of rotatable bonds is 9. The molecule has 3 aromatic carbocycles. The minimum atomic E-state index is 0.366. The van der Waals surface area contributed by atoms with Crippen LogP contribution in [0.4, 0.5) is 0 Å². The number of hydrogen-bond donors (Lipinski definition) is 0. The summed E-state index contributed by atoms with van der Waals surface area (Å²) in [6.45, 7) is 4.72. The Hall–Kier alpha value is -3.79. The van der Waals surface area contributed by atoms with Gasteiger partial charge in [0.1, 0.15) is 29.6 Å². The van der Waals surface area contributed by atoms with Crippen molar-refractivity contribution in [2.75, 3.05) is 7.11 Å². The molecular weight excluding hydrogens is 410 g/mol. The second-order valence-electron chi connectivity index (χ2n) is 7.71. The van der Waals surface area contributed by atoms with E-state index in [4.69, 9.17) is 19.2 Å². The van der Waals surface area contributed by atoms with Gasteiger partial charge in [0.25, 0.3) is 0 Å². The lowest BCUT2D eigenvalue weighted by Crippen LogP contribution is -2.02. The number of aryl methyl sites for hydroxylation is 2. The molecule has 1 aromatic heterocycles. The van der Waals surface area contributed by atoms with Crippen LogP contribution in [-0.4, -0.2) is 12.1 Å². The summed E-state index contributed by atoms with van der Waals surface area (Å²) in [5.41, 5.74) is 5.64. The van der Waals surface area contributed by atoms with Crippen molar-refractivity contribution in [1.29, 1.82) is 0 Å². The molecule has 0 radical (unpaired) electrons. The lowest BCUT2D eigenvalue weighted by Gasteiger charge is -2.15. The molecule has 33 heavy (non-hydrogen) atoms. The molecule has 0 amide bonds.